The molecule has 0 aliphatic heterocycles. The summed E-state index contributed by atoms with van der Waals surface area (Å²) in [7, 11) is 0. The van der Waals surface area contributed by atoms with Gasteiger partial charge in [0, 0.05) is 0 Å². The van der Waals surface area contributed by atoms with Gasteiger partial charge in [0.15, 0.2) is 11.5 Å². The van der Waals surface area contributed by atoms with Gasteiger partial charge in [-0.15, -0.1) is 0 Å². The Morgan fingerprint density at radius 1 is 1.10 bits per heavy atom. The number of aromatic nitrogens is 3. The minimum atomic E-state index is -0.469. The second kappa shape index (κ2) is 4.61. The SMILES string of the molecule is Oc1cccc(-c2nc(-c3ccc(F)cn3)no2)c1O. The molecule has 0 amide bonds. The number of hydrogen-bond donors (Lipinski definition) is 2. The molecule has 3 aromatic rings. The van der Waals surface area contributed by atoms with E-state index in [-0.39, 0.29) is 28.8 Å². The van der Waals surface area contributed by atoms with Crippen molar-refractivity contribution in [3.05, 3.63) is 42.3 Å². The van der Waals surface area contributed by atoms with Gasteiger partial charge in [-0.05, 0) is 24.3 Å². The highest BCUT2D eigenvalue weighted by Gasteiger charge is 2.16. The number of benzene rings is 1. The molecule has 6 nitrogen and oxygen atoms in total. The van der Waals surface area contributed by atoms with E-state index >= 15 is 0 Å². The molecule has 100 valence electrons. The van der Waals surface area contributed by atoms with Gasteiger partial charge in [-0.1, -0.05) is 11.2 Å². The lowest BCUT2D eigenvalue weighted by molar-refractivity contribution is 0.397. The minimum absolute atomic E-state index is 0.0273. The molecule has 3 rings (SSSR count). The van der Waals surface area contributed by atoms with E-state index in [4.69, 9.17) is 4.52 Å². The van der Waals surface area contributed by atoms with Gasteiger partial charge in [0.25, 0.3) is 5.89 Å². The number of aromatic hydroxyl groups is 2. The van der Waals surface area contributed by atoms with Crippen LogP contribution in [0.3, 0.4) is 0 Å². The monoisotopic (exact) mass is 273 g/mol. The maximum atomic E-state index is 12.8. The van der Waals surface area contributed by atoms with Crippen LogP contribution in [0.4, 0.5) is 4.39 Å². The van der Waals surface area contributed by atoms with Crippen LogP contribution in [0.5, 0.6) is 11.5 Å². The van der Waals surface area contributed by atoms with Crippen LogP contribution in [0, 0.1) is 5.82 Å². The van der Waals surface area contributed by atoms with Crippen molar-refractivity contribution in [3.8, 4) is 34.5 Å². The molecule has 0 unspecified atom stereocenters. The standard InChI is InChI=1S/C13H8FN3O3/c14-7-4-5-9(15-6-7)12-16-13(20-17-12)8-2-1-3-10(18)11(8)19/h1-6,18-19H. The smallest absolute Gasteiger partial charge is 0.262 e. The van der Waals surface area contributed by atoms with Crippen LogP contribution in [0.2, 0.25) is 0 Å². The highest BCUT2D eigenvalue weighted by atomic mass is 19.1. The number of rotatable bonds is 2. The van der Waals surface area contributed by atoms with Gasteiger partial charge in [-0.3, -0.25) is 0 Å². The Morgan fingerprint density at radius 3 is 2.70 bits per heavy atom. The molecule has 2 heterocycles. The molecule has 0 saturated carbocycles. The number of phenols is 2. The third-order valence-corrected chi connectivity index (χ3v) is 2.63. The lowest BCUT2D eigenvalue weighted by atomic mass is 10.2. The van der Waals surface area contributed by atoms with Crippen LogP contribution in [-0.4, -0.2) is 25.3 Å². The van der Waals surface area contributed by atoms with Crippen molar-refractivity contribution in [1.29, 1.82) is 0 Å². The Morgan fingerprint density at radius 2 is 1.95 bits per heavy atom. The molecule has 0 atom stereocenters. The first kappa shape index (κ1) is 12.1. The third-order valence-electron chi connectivity index (χ3n) is 2.63. The fourth-order valence-electron chi connectivity index (χ4n) is 1.65. The summed E-state index contributed by atoms with van der Waals surface area (Å²) in [6.07, 6.45) is 1.04. The Balaban J connectivity index is 2.02. The van der Waals surface area contributed by atoms with E-state index in [1.165, 1.54) is 30.3 Å². The van der Waals surface area contributed by atoms with Gasteiger partial charge in [0.05, 0.1) is 11.8 Å². The van der Waals surface area contributed by atoms with Crippen molar-refractivity contribution in [3.63, 3.8) is 0 Å². The summed E-state index contributed by atoms with van der Waals surface area (Å²) in [5.41, 5.74) is 0.534. The Bertz CT molecular complexity index is 756. The van der Waals surface area contributed by atoms with Crippen molar-refractivity contribution in [2.24, 2.45) is 0 Å². The highest BCUT2D eigenvalue weighted by Crippen LogP contribution is 2.35. The molecule has 0 bridgehead atoms. The molecular weight excluding hydrogens is 265 g/mol. The fourth-order valence-corrected chi connectivity index (χ4v) is 1.65. The second-order valence-electron chi connectivity index (χ2n) is 3.96. The molecule has 0 radical (unpaired) electrons. The summed E-state index contributed by atoms with van der Waals surface area (Å²) in [6, 6.07) is 7.02. The normalized spacial score (nSPS) is 10.7. The average Bonchev–Trinajstić information content (AvgIpc) is 2.92. The van der Waals surface area contributed by atoms with E-state index in [0.29, 0.717) is 5.69 Å². The molecule has 0 spiro atoms. The van der Waals surface area contributed by atoms with Crippen molar-refractivity contribution in [2.45, 2.75) is 0 Å². The number of para-hydroxylation sites is 1. The topological polar surface area (TPSA) is 92.3 Å². The summed E-state index contributed by atoms with van der Waals surface area (Å²) < 4.78 is 17.8. The number of phenolic OH excluding ortho intramolecular Hbond substituents is 2. The highest BCUT2D eigenvalue weighted by molar-refractivity contribution is 5.67. The molecule has 2 N–H and O–H groups in total. The summed E-state index contributed by atoms with van der Waals surface area (Å²) in [4.78, 5) is 7.87. The zero-order valence-electron chi connectivity index (χ0n) is 9.99. The molecule has 0 fully saturated rings. The van der Waals surface area contributed by atoms with Crippen LogP contribution in [0.15, 0.2) is 41.1 Å². The van der Waals surface area contributed by atoms with E-state index in [1.807, 2.05) is 0 Å². The predicted octanol–water partition coefficient (Wildman–Crippen LogP) is 2.35. The van der Waals surface area contributed by atoms with E-state index in [9.17, 15) is 14.6 Å². The minimum Gasteiger partial charge on any atom is -0.504 e. The summed E-state index contributed by atoms with van der Waals surface area (Å²) in [5.74, 6) is -0.928. The van der Waals surface area contributed by atoms with E-state index in [2.05, 4.69) is 15.1 Å². The van der Waals surface area contributed by atoms with Crippen LogP contribution in [0.25, 0.3) is 23.0 Å². The number of pyridine rings is 1. The van der Waals surface area contributed by atoms with Crippen molar-refractivity contribution in [2.75, 3.05) is 0 Å². The van der Waals surface area contributed by atoms with Crippen LogP contribution in [0.1, 0.15) is 0 Å². The quantitative estimate of drug-likeness (QED) is 0.696. The van der Waals surface area contributed by atoms with Gasteiger partial charge in [-0.2, -0.15) is 4.98 Å². The third kappa shape index (κ3) is 2.05. The van der Waals surface area contributed by atoms with Crippen LogP contribution < -0.4 is 0 Å². The summed E-state index contributed by atoms with van der Waals surface area (Å²) >= 11 is 0. The summed E-state index contributed by atoms with van der Waals surface area (Å²) in [5, 5.41) is 22.8. The van der Waals surface area contributed by atoms with Gasteiger partial charge >= 0.3 is 0 Å². The maximum absolute atomic E-state index is 12.8. The predicted molar refractivity (Wildman–Crippen MR) is 66.3 cm³/mol. The Hall–Kier alpha value is -2.96. The van der Waals surface area contributed by atoms with E-state index in [1.54, 1.807) is 0 Å². The Labute approximate surface area is 112 Å². The number of halogens is 1. The van der Waals surface area contributed by atoms with Crippen molar-refractivity contribution >= 4 is 0 Å². The fraction of sp³-hybridized carbons (Fsp3) is 0. The van der Waals surface area contributed by atoms with Gasteiger partial charge in [0.1, 0.15) is 11.5 Å². The molecule has 1 aromatic carbocycles. The first-order valence-electron chi connectivity index (χ1n) is 5.62. The molecule has 0 saturated heterocycles. The van der Waals surface area contributed by atoms with Gasteiger partial charge < -0.3 is 14.7 Å². The van der Waals surface area contributed by atoms with Gasteiger partial charge in [-0.25, -0.2) is 9.37 Å². The zero-order valence-corrected chi connectivity index (χ0v) is 9.99. The number of hydrogen-bond acceptors (Lipinski definition) is 6. The molecule has 20 heavy (non-hydrogen) atoms. The van der Waals surface area contributed by atoms with Crippen LogP contribution in [-0.2, 0) is 0 Å². The van der Waals surface area contributed by atoms with Crippen molar-refractivity contribution in [1.82, 2.24) is 15.1 Å². The lowest BCUT2D eigenvalue weighted by Crippen LogP contribution is -1.86. The average molecular weight is 273 g/mol. The van der Waals surface area contributed by atoms with Crippen LogP contribution >= 0.6 is 0 Å². The van der Waals surface area contributed by atoms with Gasteiger partial charge in [0.2, 0.25) is 5.82 Å². The Kier molecular flexibility index (Phi) is 2.79. The summed E-state index contributed by atoms with van der Waals surface area (Å²) in [6.45, 7) is 0. The maximum Gasteiger partial charge on any atom is 0.262 e. The van der Waals surface area contributed by atoms with Crippen molar-refractivity contribution < 1.29 is 19.1 Å². The first-order valence-corrected chi connectivity index (χ1v) is 5.62. The molecule has 7 heteroatoms. The molecular formula is C13H8FN3O3. The van der Waals surface area contributed by atoms with E-state index < -0.39 is 5.82 Å². The second-order valence-corrected chi connectivity index (χ2v) is 3.96. The molecule has 2 aromatic heterocycles. The van der Waals surface area contributed by atoms with E-state index in [0.717, 1.165) is 6.20 Å². The molecule has 0 aliphatic rings. The zero-order chi connectivity index (χ0) is 14.1. The molecule has 0 aliphatic carbocycles. The first-order chi connectivity index (χ1) is 9.65. The lowest BCUT2D eigenvalue weighted by Gasteiger charge is -2.00. The number of nitrogens with zero attached hydrogens (tertiary/aromatic N) is 3. The largest absolute Gasteiger partial charge is 0.504 e.